The van der Waals surface area contributed by atoms with Crippen molar-refractivity contribution in [3.63, 3.8) is 0 Å². The minimum atomic E-state index is -3.85. The Labute approximate surface area is 162 Å². The van der Waals surface area contributed by atoms with Gasteiger partial charge in [0, 0.05) is 30.6 Å². The SMILES string of the molecule is CC(=O)c1ccccc1-c1ccn(CCC(C)(C(=O)NO)S(C)(=O)=O)c(=O)c1. The second-order valence-corrected chi connectivity index (χ2v) is 9.19. The number of carbonyl (C=O) groups is 2. The summed E-state index contributed by atoms with van der Waals surface area (Å²) in [4.78, 5) is 36.1. The lowest BCUT2D eigenvalue weighted by atomic mass is 9.98. The summed E-state index contributed by atoms with van der Waals surface area (Å²) in [7, 11) is -3.85. The summed E-state index contributed by atoms with van der Waals surface area (Å²) < 4.78 is 23.4. The molecule has 1 aromatic heterocycles. The van der Waals surface area contributed by atoms with Gasteiger partial charge in [-0.25, -0.2) is 13.9 Å². The average Bonchev–Trinajstić information content (AvgIpc) is 2.65. The van der Waals surface area contributed by atoms with E-state index in [2.05, 4.69) is 0 Å². The molecule has 1 amide bonds. The van der Waals surface area contributed by atoms with Crippen molar-refractivity contribution in [1.29, 1.82) is 0 Å². The van der Waals surface area contributed by atoms with Crippen LogP contribution in [0, 0.1) is 0 Å². The maximum atomic E-state index is 12.5. The number of hydrogen-bond donors (Lipinski definition) is 2. The fourth-order valence-electron chi connectivity index (χ4n) is 2.82. The smallest absolute Gasteiger partial charge is 0.264 e. The first kappa shape index (κ1) is 21.5. The van der Waals surface area contributed by atoms with Crippen LogP contribution in [0.15, 0.2) is 47.4 Å². The van der Waals surface area contributed by atoms with Crippen LogP contribution in [0.1, 0.15) is 30.6 Å². The highest BCUT2D eigenvalue weighted by atomic mass is 32.2. The molecule has 0 fully saturated rings. The topological polar surface area (TPSA) is 123 Å². The van der Waals surface area contributed by atoms with Gasteiger partial charge in [0.25, 0.3) is 11.5 Å². The van der Waals surface area contributed by atoms with E-state index in [0.717, 1.165) is 6.26 Å². The number of sulfone groups is 1. The van der Waals surface area contributed by atoms with Gasteiger partial charge in [-0.05, 0) is 37.5 Å². The van der Waals surface area contributed by atoms with E-state index in [1.54, 1.807) is 30.3 Å². The van der Waals surface area contributed by atoms with E-state index in [0.29, 0.717) is 16.7 Å². The molecule has 0 saturated carbocycles. The van der Waals surface area contributed by atoms with Gasteiger partial charge in [-0.2, -0.15) is 0 Å². The number of pyridine rings is 1. The molecular weight excluding hydrogens is 384 g/mol. The molecule has 2 N–H and O–H groups in total. The van der Waals surface area contributed by atoms with E-state index in [9.17, 15) is 22.8 Å². The molecule has 1 atom stereocenters. The highest BCUT2D eigenvalue weighted by molar-refractivity contribution is 7.92. The van der Waals surface area contributed by atoms with Crippen molar-refractivity contribution < 1.29 is 23.2 Å². The third kappa shape index (κ3) is 4.20. The number of aryl methyl sites for hydroxylation is 1. The van der Waals surface area contributed by atoms with Crippen LogP contribution in [0.4, 0.5) is 0 Å². The molecule has 0 aliphatic rings. The standard InChI is InChI=1S/C19H22N2O6S/c1-13(22)15-6-4-5-7-16(15)14-8-10-21(17(23)12-14)11-9-19(2,18(24)20-25)28(3,26)27/h4-8,10,12,25H,9,11H2,1-3H3,(H,20,24). The van der Waals surface area contributed by atoms with Crippen LogP contribution in [0.25, 0.3) is 11.1 Å². The number of Topliss-reactive ketones (excluding diaryl/α,β-unsaturated/α-hetero) is 1. The number of rotatable bonds is 7. The van der Waals surface area contributed by atoms with Crippen LogP contribution in [0.2, 0.25) is 0 Å². The minimum Gasteiger partial charge on any atom is -0.315 e. The Kier molecular flexibility index (Phi) is 6.20. The lowest BCUT2D eigenvalue weighted by Crippen LogP contribution is -2.49. The molecule has 8 nitrogen and oxygen atoms in total. The van der Waals surface area contributed by atoms with Gasteiger partial charge < -0.3 is 4.57 Å². The summed E-state index contributed by atoms with van der Waals surface area (Å²) in [5.41, 5.74) is 2.64. The van der Waals surface area contributed by atoms with Gasteiger partial charge in [-0.3, -0.25) is 19.6 Å². The number of nitrogens with one attached hydrogen (secondary N) is 1. The van der Waals surface area contributed by atoms with Crippen LogP contribution in [0.5, 0.6) is 0 Å². The molecule has 0 saturated heterocycles. The van der Waals surface area contributed by atoms with Gasteiger partial charge in [0.05, 0.1) is 0 Å². The molecule has 1 aromatic carbocycles. The largest absolute Gasteiger partial charge is 0.315 e. The Morgan fingerprint density at radius 1 is 1.21 bits per heavy atom. The lowest BCUT2D eigenvalue weighted by Gasteiger charge is -2.25. The quantitative estimate of drug-likeness (QED) is 0.407. The van der Waals surface area contributed by atoms with E-state index < -0.39 is 26.1 Å². The number of amides is 1. The molecule has 0 bridgehead atoms. The Hall–Kier alpha value is -2.78. The van der Waals surface area contributed by atoms with Crippen molar-refractivity contribution in [3.05, 3.63) is 58.5 Å². The van der Waals surface area contributed by atoms with Crippen LogP contribution in [0.3, 0.4) is 0 Å². The number of hydroxylamine groups is 1. The Bertz CT molecular complexity index is 1070. The summed E-state index contributed by atoms with van der Waals surface area (Å²) in [6, 6.07) is 9.91. The van der Waals surface area contributed by atoms with Gasteiger partial charge in [-0.15, -0.1) is 0 Å². The van der Waals surface area contributed by atoms with E-state index >= 15 is 0 Å². The van der Waals surface area contributed by atoms with Crippen LogP contribution >= 0.6 is 0 Å². The molecule has 0 aliphatic heterocycles. The molecule has 0 radical (unpaired) electrons. The van der Waals surface area contributed by atoms with Crippen LogP contribution in [-0.4, -0.2) is 40.9 Å². The molecule has 2 rings (SSSR count). The van der Waals surface area contributed by atoms with Crippen molar-refractivity contribution in [2.75, 3.05) is 6.26 Å². The summed E-state index contributed by atoms with van der Waals surface area (Å²) in [5, 5.41) is 8.86. The molecule has 0 spiro atoms. The summed E-state index contributed by atoms with van der Waals surface area (Å²) in [6.45, 7) is 2.58. The Morgan fingerprint density at radius 2 is 1.86 bits per heavy atom. The summed E-state index contributed by atoms with van der Waals surface area (Å²) in [6.07, 6.45) is 2.17. The van der Waals surface area contributed by atoms with Gasteiger partial charge in [0.1, 0.15) is 0 Å². The molecule has 1 heterocycles. The average molecular weight is 406 g/mol. The third-order valence-corrected chi connectivity index (χ3v) is 6.87. The van der Waals surface area contributed by atoms with Crippen LogP contribution < -0.4 is 11.0 Å². The number of hydrogen-bond acceptors (Lipinski definition) is 6. The summed E-state index contributed by atoms with van der Waals surface area (Å²) >= 11 is 0. The zero-order valence-electron chi connectivity index (χ0n) is 15.8. The first-order valence-corrected chi connectivity index (χ1v) is 10.4. The van der Waals surface area contributed by atoms with E-state index in [1.807, 2.05) is 0 Å². The van der Waals surface area contributed by atoms with Crippen molar-refractivity contribution in [1.82, 2.24) is 10.0 Å². The first-order chi connectivity index (χ1) is 13.0. The number of ketones is 1. The van der Waals surface area contributed by atoms with Gasteiger partial charge in [0.15, 0.2) is 20.4 Å². The van der Waals surface area contributed by atoms with Crippen molar-refractivity contribution >= 4 is 21.5 Å². The van der Waals surface area contributed by atoms with E-state index in [1.165, 1.54) is 36.2 Å². The number of nitrogens with zero attached hydrogens (tertiary/aromatic N) is 1. The highest BCUT2D eigenvalue weighted by Gasteiger charge is 2.43. The van der Waals surface area contributed by atoms with Gasteiger partial charge in [0.2, 0.25) is 0 Å². The predicted molar refractivity (Wildman–Crippen MR) is 104 cm³/mol. The monoisotopic (exact) mass is 406 g/mol. The Balaban J connectivity index is 2.35. The van der Waals surface area contributed by atoms with Crippen molar-refractivity contribution in [3.8, 4) is 11.1 Å². The maximum Gasteiger partial charge on any atom is 0.264 e. The maximum absolute atomic E-state index is 12.5. The lowest BCUT2D eigenvalue weighted by molar-refractivity contribution is -0.131. The zero-order chi connectivity index (χ0) is 21.1. The zero-order valence-corrected chi connectivity index (χ0v) is 16.6. The second kappa shape index (κ2) is 8.07. The molecule has 0 aliphatic carbocycles. The predicted octanol–water partition coefficient (Wildman–Crippen LogP) is 1.42. The number of carbonyl (C=O) groups excluding carboxylic acids is 2. The van der Waals surface area contributed by atoms with E-state index in [-0.39, 0.29) is 18.7 Å². The molecule has 2 aromatic rings. The molecule has 28 heavy (non-hydrogen) atoms. The van der Waals surface area contributed by atoms with Crippen molar-refractivity contribution in [2.45, 2.75) is 31.6 Å². The minimum absolute atomic E-state index is 0.0511. The fourth-order valence-corrected chi connectivity index (χ4v) is 3.67. The first-order valence-electron chi connectivity index (χ1n) is 8.46. The van der Waals surface area contributed by atoms with Gasteiger partial charge >= 0.3 is 0 Å². The molecule has 150 valence electrons. The van der Waals surface area contributed by atoms with Gasteiger partial charge in [-0.1, -0.05) is 24.3 Å². The summed E-state index contributed by atoms with van der Waals surface area (Å²) in [5.74, 6) is -1.19. The molecule has 1 unspecified atom stereocenters. The van der Waals surface area contributed by atoms with Crippen LogP contribution in [-0.2, 0) is 21.2 Å². The number of aromatic nitrogens is 1. The fraction of sp³-hybridized carbons (Fsp3) is 0.316. The molecule has 9 heteroatoms. The molecular formula is C19H22N2O6S. The second-order valence-electron chi connectivity index (χ2n) is 6.74. The normalized spacial score (nSPS) is 13.6. The number of benzene rings is 1. The Morgan fingerprint density at radius 3 is 2.39 bits per heavy atom. The van der Waals surface area contributed by atoms with Crippen molar-refractivity contribution in [2.24, 2.45) is 0 Å². The highest BCUT2D eigenvalue weighted by Crippen LogP contribution is 2.24. The third-order valence-electron chi connectivity index (χ3n) is 4.84. The van der Waals surface area contributed by atoms with E-state index in [4.69, 9.17) is 5.21 Å².